The molecule has 110 valence electrons. The molecule has 0 saturated carbocycles. The van der Waals surface area contributed by atoms with Crippen LogP contribution in [0.25, 0.3) is 0 Å². The van der Waals surface area contributed by atoms with E-state index in [1.165, 1.54) is 0 Å². The number of thiophene rings is 1. The molecule has 1 fully saturated rings. The highest BCUT2D eigenvalue weighted by Crippen LogP contribution is 2.29. The van der Waals surface area contributed by atoms with Gasteiger partial charge in [0.15, 0.2) is 0 Å². The van der Waals surface area contributed by atoms with E-state index in [2.05, 4.69) is 19.1 Å². The smallest absolute Gasteiger partial charge is 0.228 e. The van der Waals surface area contributed by atoms with Crippen LogP contribution in [0.15, 0.2) is 47.8 Å². The van der Waals surface area contributed by atoms with Crippen molar-refractivity contribution < 1.29 is 9.53 Å². The molecular weight excluding hydrogens is 282 g/mol. The van der Waals surface area contributed by atoms with Gasteiger partial charge in [-0.15, -0.1) is 11.3 Å². The lowest BCUT2D eigenvalue weighted by Gasteiger charge is -2.41. The molecule has 0 bridgehead atoms. The molecular formula is C17H19NO2S. The average molecular weight is 301 g/mol. The van der Waals surface area contributed by atoms with Gasteiger partial charge >= 0.3 is 0 Å². The van der Waals surface area contributed by atoms with E-state index < -0.39 is 5.60 Å². The van der Waals surface area contributed by atoms with Crippen molar-refractivity contribution in [1.82, 2.24) is 4.90 Å². The second-order valence-electron chi connectivity index (χ2n) is 5.52. The van der Waals surface area contributed by atoms with Gasteiger partial charge in [-0.05, 0) is 23.9 Å². The maximum Gasteiger partial charge on any atom is 0.228 e. The summed E-state index contributed by atoms with van der Waals surface area (Å²) < 4.78 is 5.98. The van der Waals surface area contributed by atoms with Crippen molar-refractivity contribution in [2.24, 2.45) is 0 Å². The zero-order chi connectivity index (χ0) is 14.7. The van der Waals surface area contributed by atoms with Crippen LogP contribution >= 0.6 is 11.3 Å². The summed E-state index contributed by atoms with van der Waals surface area (Å²) in [6.45, 7) is 3.93. The van der Waals surface area contributed by atoms with Crippen LogP contribution in [0.5, 0.6) is 0 Å². The fourth-order valence-corrected chi connectivity index (χ4v) is 3.42. The van der Waals surface area contributed by atoms with E-state index in [4.69, 9.17) is 4.74 Å². The molecule has 1 atom stereocenters. The van der Waals surface area contributed by atoms with Crippen molar-refractivity contribution in [3.05, 3.63) is 58.3 Å². The van der Waals surface area contributed by atoms with E-state index in [9.17, 15) is 4.79 Å². The van der Waals surface area contributed by atoms with Gasteiger partial charge in [-0.25, -0.2) is 0 Å². The van der Waals surface area contributed by atoms with Gasteiger partial charge in [-0.1, -0.05) is 36.4 Å². The topological polar surface area (TPSA) is 29.5 Å². The predicted molar refractivity (Wildman–Crippen MR) is 84.3 cm³/mol. The van der Waals surface area contributed by atoms with Gasteiger partial charge in [-0.2, -0.15) is 0 Å². The Hall–Kier alpha value is -1.65. The molecule has 0 unspecified atom stereocenters. The number of hydrogen-bond donors (Lipinski definition) is 0. The van der Waals surface area contributed by atoms with Crippen molar-refractivity contribution in [1.29, 1.82) is 0 Å². The number of hydrogen-bond acceptors (Lipinski definition) is 3. The third-order valence-electron chi connectivity index (χ3n) is 3.92. The van der Waals surface area contributed by atoms with Crippen molar-refractivity contribution >= 4 is 17.2 Å². The van der Waals surface area contributed by atoms with E-state index in [0.717, 1.165) is 10.4 Å². The maximum atomic E-state index is 12.5. The minimum Gasteiger partial charge on any atom is -0.367 e. The summed E-state index contributed by atoms with van der Waals surface area (Å²) >= 11 is 1.63. The number of morpholine rings is 1. The summed E-state index contributed by atoms with van der Waals surface area (Å²) in [5, 5.41) is 2.01. The largest absolute Gasteiger partial charge is 0.367 e. The highest BCUT2D eigenvalue weighted by molar-refractivity contribution is 7.10. The number of carbonyl (C=O) groups excluding carboxylic acids is 1. The maximum absolute atomic E-state index is 12.5. The standard InChI is InChI=1S/C17H19NO2S/c1-17(14-6-3-2-4-7-14)13-18(9-10-20-17)16(19)12-15-8-5-11-21-15/h2-8,11H,9-10,12-13H2,1H3/t17-/m0/s1. The van der Waals surface area contributed by atoms with Gasteiger partial charge in [0.2, 0.25) is 5.91 Å². The number of ether oxygens (including phenoxy) is 1. The lowest BCUT2D eigenvalue weighted by molar-refractivity contribution is -0.149. The lowest BCUT2D eigenvalue weighted by atomic mass is 9.93. The Morgan fingerprint density at radius 1 is 1.29 bits per heavy atom. The summed E-state index contributed by atoms with van der Waals surface area (Å²) in [6, 6.07) is 14.1. The Bertz CT molecular complexity index is 597. The summed E-state index contributed by atoms with van der Waals surface area (Å²) in [6.07, 6.45) is 0.489. The molecule has 1 aliphatic rings. The van der Waals surface area contributed by atoms with Crippen LogP contribution in [-0.2, 0) is 21.6 Å². The van der Waals surface area contributed by atoms with Crippen LogP contribution in [0.1, 0.15) is 17.4 Å². The summed E-state index contributed by atoms with van der Waals surface area (Å²) in [5.41, 5.74) is 0.712. The van der Waals surface area contributed by atoms with Crippen LogP contribution in [-0.4, -0.2) is 30.5 Å². The average Bonchev–Trinajstić information content (AvgIpc) is 3.01. The summed E-state index contributed by atoms with van der Waals surface area (Å²) in [7, 11) is 0. The molecule has 2 aromatic rings. The van der Waals surface area contributed by atoms with Gasteiger partial charge in [0.25, 0.3) is 0 Å². The third-order valence-corrected chi connectivity index (χ3v) is 4.79. The molecule has 1 aromatic heterocycles. The number of nitrogens with zero attached hydrogens (tertiary/aromatic N) is 1. The van der Waals surface area contributed by atoms with E-state index >= 15 is 0 Å². The van der Waals surface area contributed by atoms with E-state index in [1.54, 1.807) is 11.3 Å². The van der Waals surface area contributed by atoms with Gasteiger partial charge in [-0.3, -0.25) is 4.79 Å². The molecule has 1 aliphatic heterocycles. The fourth-order valence-electron chi connectivity index (χ4n) is 2.72. The summed E-state index contributed by atoms with van der Waals surface area (Å²) in [5.74, 6) is 0.183. The zero-order valence-corrected chi connectivity index (χ0v) is 12.9. The Labute approximate surface area is 129 Å². The monoisotopic (exact) mass is 301 g/mol. The minimum absolute atomic E-state index is 0.183. The first-order chi connectivity index (χ1) is 10.2. The van der Waals surface area contributed by atoms with Crippen molar-refractivity contribution in [3.63, 3.8) is 0 Å². The Balaban J connectivity index is 1.72. The Kier molecular flexibility index (Phi) is 4.08. The molecule has 3 nitrogen and oxygen atoms in total. The number of benzene rings is 1. The third kappa shape index (κ3) is 3.17. The van der Waals surface area contributed by atoms with Crippen LogP contribution in [0.2, 0.25) is 0 Å². The van der Waals surface area contributed by atoms with Crippen molar-refractivity contribution in [3.8, 4) is 0 Å². The molecule has 1 saturated heterocycles. The van der Waals surface area contributed by atoms with Crippen LogP contribution in [0.3, 0.4) is 0 Å². The first kappa shape index (κ1) is 14.3. The normalized spacial score (nSPS) is 22.2. The van der Waals surface area contributed by atoms with Gasteiger partial charge in [0.05, 0.1) is 19.6 Å². The fraction of sp³-hybridized carbons (Fsp3) is 0.353. The molecule has 3 rings (SSSR count). The van der Waals surface area contributed by atoms with E-state index in [-0.39, 0.29) is 5.91 Å². The predicted octanol–water partition coefficient (Wildman–Crippen LogP) is 3.06. The van der Waals surface area contributed by atoms with Crippen LogP contribution in [0.4, 0.5) is 0 Å². The number of carbonyl (C=O) groups is 1. The lowest BCUT2D eigenvalue weighted by Crippen LogP contribution is -2.50. The second-order valence-corrected chi connectivity index (χ2v) is 6.55. The highest BCUT2D eigenvalue weighted by atomic mass is 32.1. The van der Waals surface area contributed by atoms with Crippen LogP contribution < -0.4 is 0 Å². The molecule has 1 aromatic carbocycles. The zero-order valence-electron chi connectivity index (χ0n) is 12.1. The van der Waals surface area contributed by atoms with Gasteiger partial charge < -0.3 is 9.64 Å². The van der Waals surface area contributed by atoms with Crippen molar-refractivity contribution in [2.45, 2.75) is 18.9 Å². The number of amides is 1. The number of rotatable bonds is 3. The van der Waals surface area contributed by atoms with Gasteiger partial charge in [0, 0.05) is 11.4 Å². The minimum atomic E-state index is -0.412. The molecule has 1 amide bonds. The van der Waals surface area contributed by atoms with E-state index in [1.807, 2.05) is 40.6 Å². The molecule has 4 heteroatoms. The van der Waals surface area contributed by atoms with Gasteiger partial charge in [0.1, 0.15) is 5.60 Å². The molecule has 0 aliphatic carbocycles. The Morgan fingerprint density at radius 3 is 2.81 bits per heavy atom. The molecule has 2 heterocycles. The first-order valence-electron chi connectivity index (χ1n) is 7.17. The SMILES string of the molecule is C[C@@]1(c2ccccc2)CN(C(=O)Cc2cccs2)CCO1. The second kappa shape index (κ2) is 6.00. The molecule has 0 N–H and O–H groups in total. The van der Waals surface area contributed by atoms with E-state index in [0.29, 0.717) is 26.1 Å². The molecule has 21 heavy (non-hydrogen) atoms. The highest BCUT2D eigenvalue weighted by Gasteiger charge is 2.35. The Morgan fingerprint density at radius 2 is 2.10 bits per heavy atom. The van der Waals surface area contributed by atoms with Crippen LogP contribution in [0, 0.1) is 0 Å². The summed E-state index contributed by atoms with van der Waals surface area (Å²) in [4.78, 5) is 15.5. The van der Waals surface area contributed by atoms with Crippen molar-refractivity contribution in [2.75, 3.05) is 19.7 Å². The molecule has 0 radical (unpaired) electrons. The quantitative estimate of drug-likeness (QED) is 0.872. The molecule has 0 spiro atoms. The first-order valence-corrected chi connectivity index (χ1v) is 8.05.